The van der Waals surface area contributed by atoms with Gasteiger partial charge in [-0.2, -0.15) is 0 Å². The zero-order valence-corrected chi connectivity index (χ0v) is 11.7. The van der Waals surface area contributed by atoms with Gasteiger partial charge in [0.05, 0.1) is 21.5 Å². The van der Waals surface area contributed by atoms with E-state index < -0.39 is 9.85 Å². The van der Waals surface area contributed by atoms with E-state index in [9.17, 15) is 20.2 Å². The minimum Gasteiger partial charge on any atom is -0.454 e. The Labute approximate surface area is 128 Å². The number of nitro groups is 2. The quantitative estimate of drug-likeness (QED) is 0.620. The molecule has 3 rings (SSSR count). The average molecular weight is 319 g/mol. The first-order valence-electron chi connectivity index (χ1n) is 6.34. The van der Waals surface area contributed by atoms with Gasteiger partial charge in [-0.05, 0) is 25.1 Å². The Morgan fingerprint density at radius 2 is 1.83 bits per heavy atom. The monoisotopic (exact) mass is 319 g/mol. The fraction of sp³-hybridized carbons (Fsp3) is 0.154. The van der Waals surface area contributed by atoms with E-state index in [2.05, 4.69) is 5.16 Å². The predicted octanol–water partition coefficient (Wildman–Crippen LogP) is 2.70. The third kappa shape index (κ3) is 2.57. The molecular weight excluding hydrogens is 310 g/mol. The molecule has 0 saturated heterocycles. The zero-order valence-electron chi connectivity index (χ0n) is 11.7. The Morgan fingerprint density at radius 1 is 1.13 bits per heavy atom. The molecule has 0 radical (unpaired) electrons. The van der Waals surface area contributed by atoms with Gasteiger partial charge < -0.3 is 14.0 Å². The van der Waals surface area contributed by atoms with Crippen molar-refractivity contribution >= 4 is 23.5 Å². The van der Waals surface area contributed by atoms with Crippen LogP contribution in [-0.2, 0) is 0 Å². The van der Waals surface area contributed by atoms with Crippen molar-refractivity contribution in [2.24, 2.45) is 0 Å². The van der Waals surface area contributed by atoms with Crippen LogP contribution in [-0.4, -0.2) is 21.8 Å². The lowest BCUT2D eigenvalue weighted by atomic mass is 10.1. The Balaban J connectivity index is 2.03. The molecule has 23 heavy (non-hydrogen) atoms. The van der Waals surface area contributed by atoms with Crippen LogP contribution in [0.3, 0.4) is 0 Å². The van der Waals surface area contributed by atoms with Gasteiger partial charge in [-0.1, -0.05) is 5.16 Å². The zero-order chi connectivity index (χ0) is 16.6. The van der Waals surface area contributed by atoms with E-state index in [4.69, 9.17) is 14.0 Å². The molecular formula is C13H9N3O7. The lowest BCUT2D eigenvalue weighted by molar-refractivity contribution is -0.386. The van der Waals surface area contributed by atoms with Crippen LogP contribution in [0.1, 0.15) is 17.0 Å². The Bertz CT molecular complexity index is 840. The molecule has 0 bridgehead atoms. The van der Waals surface area contributed by atoms with Gasteiger partial charge in [0, 0.05) is 0 Å². The molecule has 0 fully saturated rings. The number of ether oxygens (including phenoxy) is 2. The van der Waals surface area contributed by atoms with E-state index in [1.54, 1.807) is 0 Å². The topological polar surface area (TPSA) is 131 Å². The van der Waals surface area contributed by atoms with Crippen LogP contribution in [0.2, 0.25) is 0 Å². The number of aromatic nitrogens is 1. The number of rotatable bonds is 4. The van der Waals surface area contributed by atoms with E-state index >= 15 is 0 Å². The molecule has 0 N–H and O–H groups in total. The fourth-order valence-electron chi connectivity index (χ4n) is 2.12. The second-order valence-electron chi connectivity index (χ2n) is 4.59. The average Bonchev–Trinajstić information content (AvgIpc) is 3.09. The second-order valence-corrected chi connectivity index (χ2v) is 4.59. The summed E-state index contributed by atoms with van der Waals surface area (Å²) in [6.45, 7) is 1.41. The standard InChI is InChI=1S/C13H9N3O7/c1-7-13(16(19)20)10(23-14-7)3-2-8-4-11-12(22-6-21-11)5-9(8)15(17)18/h2-5H,6H2,1H3/b3-2+. The first-order valence-corrected chi connectivity index (χ1v) is 6.34. The number of nitrogens with zero attached hydrogens (tertiary/aromatic N) is 3. The van der Waals surface area contributed by atoms with Gasteiger partial charge in [-0.15, -0.1) is 0 Å². The molecule has 0 unspecified atom stereocenters. The van der Waals surface area contributed by atoms with Gasteiger partial charge in [-0.3, -0.25) is 20.2 Å². The predicted molar refractivity (Wildman–Crippen MR) is 76.0 cm³/mol. The van der Waals surface area contributed by atoms with E-state index in [-0.39, 0.29) is 40.9 Å². The highest BCUT2D eigenvalue weighted by molar-refractivity contribution is 5.77. The highest BCUT2D eigenvalue weighted by Gasteiger charge is 2.24. The summed E-state index contributed by atoms with van der Waals surface area (Å²) in [6.07, 6.45) is 2.58. The fourth-order valence-corrected chi connectivity index (χ4v) is 2.12. The molecule has 1 aliphatic heterocycles. The van der Waals surface area contributed by atoms with Crippen LogP contribution < -0.4 is 9.47 Å². The van der Waals surface area contributed by atoms with Crippen LogP contribution in [0.15, 0.2) is 16.7 Å². The lowest BCUT2D eigenvalue weighted by Gasteiger charge is -2.00. The summed E-state index contributed by atoms with van der Waals surface area (Å²) in [5.41, 5.74) is -0.188. The van der Waals surface area contributed by atoms with Gasteiger partial charge in [0.15, 0.2) is 17.2 Å². The third-order valence-corrected chi connectivity index (χ3v) is 3.17. The molecule has 0 amide bonds. The number of aryl methyl sites for hydroxylation is 1. The Morgan fingerprint density at radius 3 is 2.48 bits per heavy atom. The van der Waals surface area contributed by atoms with Gasteiger partial charge in [0.2, 0.25) is 12.6 Å². The van der Waals surface area contributed by atoms with Crippen molar-refractivity contribution < 1.29 is 23.8 Å². The number of fused-ring (bicyclic) bond motifs is 1. The number of nitro benzene ring substituents is 1. The number of hydrogen-bond acceptors (Lipinski definition) is 8. The van der Waals surface area contributed by atoms with E-state index in [1.807, 2.05) is 0 Å². The minimum atomic E-state index is -0.625. The molecule has 2 heterocycles. The third-order valence-electron chi connectivity index (χ3n) is 3.17. The molecule has 0 aliphatic carbocycles. The molecule has 2 aromatic rings. The second kappa shape index (κ2) is 5.40. The van der Waals surface area contributed by atoms with Crippen LogP contribution in [0.5, 0.6) is 11.5 Å². The first-order chi connectivity index (χ1) is 11.0. The molecule has 10 heteroatoms. The molecule has 10 nitrogen and oxygen atoms in total. The highest BCUT2D eigenvalue weighted by atomic mass is 16.7. The van der Waals surface area contributed by atoms with Crippen LogP contribution in [0.25, 0.3) is 12.2 Å². The van der Waals surface area contributed by atoms with Gasteiger partial charge in [0.1, 0.15) is 0 Å². The smallest absolute Gasteiger partial charge is 0.338 e. The van der Waals surface area contributed by atoms with Crippen molar-refractivity contribution in [2.75, 3.05) is 6.79 Å². The lowest BCUT2D eigenvalue weighted by Crippen LogP contribution is -1.93. The molecule has 1 aromatic carbocycles. The maximum Gasteiger partial charge on any atom is 0.338 e. The van der Waals surface area contributed by atoms with E-state index in [0.29, 0.717) is 5.75 Å². The van der Waals surface area contributed by atoms with Crippen molar-refractivity contribution in [2.45, 2.75) is 6.92 Å². The molecule has 118 valence electrons. The molecule has 0 saturated carbocycles. The minimum absolute atomic E-state index is 0.0214. The van der Waals surface area contributed by atoms with Crippen molar-refractivity contribution in [3.05, 3.63) is 49.4 Å². The summed E-state index contributed by atoms with van der Waals surface area (Å²) >= 11 is 0. The van der Waals surface area contributed by atoms with Gasteiger partial charge in [0.25, 0.3) is 5.69 Å². The largest absolute Gasteiger partial charge is 0.454 e. The van der Waals surface area contributed by atoms with Crippen LogP contribution in [0.4, 0.5) is 11.4 Å². The Hall–Kier alpha value is -3.43. The number of hydrogen-bond donors (Lipinski definition) is 0. The van der Waals surface area contributed by atoms with E-state index in [1.165, 1.54) is 31.2 Å². The maximum absolute atomic E-state index is 11.1. The summed E-state index contributed by atoms with van der Waals surface area (Å²) in [7, 11) is 0. The summed E-state index contributed by atoms with van der Waals surface area (Å²) in [5, 5.41) is 25.6. The SMILES string of the molecule is Cc1noc(/C=C/c2cc3c(cc2[N+](=O)[O-])OCO3)c1[N+](=O)[O-]. The first kappa shape index (κ1) is 14.5. The van der Waals surface area contributed by atoms with Crippen LogP contribution in [0, 0.1) is 27.2 Å². The molecule has 1 aliphatic rings. The number of benzene rings is 1. The van der Waals surface area contributed by atoms with Crippen LogP contribution >= 0.6 is 0 Å². The van der Waals surface area contributed by atoms with Gasteiger partial charge >= 0.3 is 5.69 Å². The van der Waals surface area contributed by atoms with Crippen molar-refractivity contribution in [1.82, 2.24) is 5.16 Å². The summed E-state index contributed by atoms with van der Waals surface area (Å²) < 4.78 is 15.1. The van der Waals surface area contributed by atoms with Crippen molar-refractivity contribution in [3.63, 3.8) is 0 Å². The molecule has 0 spiro atoms. The highest BCUT2D eigenvalue weighted by Crippen LogP contribution is 2.38. The summed E-state index contributed by atoms with van der Waals surface area (Å²) in [4.78, 5) is 20.9. The normalized spacial score (nSPS) is 12.7. The van der Waals surface area contributed by atoms with Crippen molar-refractivity contribution in [3.8, 4) is 11.5 Å². The van der Waals surface area contributed by atoms with Crippen molar-refractivity contribution in [1.29, 1.82) is 0 Å². The molecule has 0 atom stereocenters. The maximum atomic E-state index is 11.1. The van der Waals surface area contributed by atoms with Gasteiger partial charge in [-0.25, -0.2) is 0 Å². The summed E-state index contributed by atoms with van der Waals surface area (Å²) in [6, 6.07) is 2.66. The summed E-state index contributed by atoms with van der Waals surface area (Å²) in [5.74, 6) is 0.535. The Kier molecular flexibility index (Phi) is 3.41. The van der Waals surface area contributed by atoms with E-state index in [0.717, 1.165) is 0 Å². The molecule has 1 aromatic heterocycles.